The van der Waals surface area contributed by atoms with Crippen LogP contribution in [0, 0.1) is 0 Å². The van der Waals surface area contributed by atoms with Gasteiger partial charge in [-0.3, -0.25) is 4.79 Å². The van der Waals surface area contributed by atoms with Crippen molar-refractivity contribution in [2.45, 2.75) is 26.2 Å². The van der Waals surface area contributed by atoms with Gasteiger partial charge >= 0.3 is 0 Å². The Morgan fingerprint density at radius 2 is 2.00 bits per heavy atom. The van der Waals surface area contributed by atoms with Crippen molar-refractivity contribution in [3.05, 3.63) is 35.9 Å². The number of ether oxygens (including phenoxy) is 1. The van der Waals surface area contributed by atoms with Crippen LogP contribution in [0.15, 0.2) is 30.3 Å². The van der Waals surface area contributed by atoms with E-state index in [1.54, 1.807) is 6.08 Å². The maximum atomic E-state index is 11.5. The zero-order valence-corrected chi connectivity index (χ0v) is 12.0. The molecule has 0 aliphatic carbocycles. The average molecular weight is 277 g/mol. The fourth-order valence-electron chi connectivity index (χ4n) is 1.70. The summed E-state index contributed by atoms with van der Waals surface area (Å²) in [7, 11) is 0. The van der Waals surface area contributed by atoms with Crippen molar-refractivity contribution in [1.82, 2.24) is 5.32 Å². The molecule has 1 rings (SSSR count). The zero-order valence-electron chi connectivity index (χ0n) is 12.0. The molecule has 0 atom stereocenters. The minimum absolute atomic E-state index is 0.0946. The topological polar surface area (TPSA) is 58.6 Å². The molecule has 1 amide bonds. The molecule has 0 aromatic heterocycles. The third-order valence-electron chi connectivity index (χ3n) is 2.75. The summed E-state index contributed by atoms with van der Waals surface area (Å²) in [5.41, 5.74) is 0.962. The number of carbonyl (C=O) groups is 1. The predicted molar refractivity (Wildman–Crippen MR) is 80.6 cm³/mol. The first-order valence-electron chi connectivity index (χ1n) is 7.06. The Bertz CT molecular complexity index is 412. The molecular weight excluding hydrogens is 254 g/mol. The van der Waals surface area contributed by atoms with Crippen molar-refractivity contribution in [2.75, 3.05) is 19.8 Å². The molecule has 0 spiro atoms. The average Bonchev–Trinajstić information content (AvgIpc) is 2.47. The van der Waals surface area contributed by atoms with E-state index in [4.69, 9.17) is 9.84 Å². The first-order chi connectivity index (χ1) is 9.76. The highest BCUT2D eigenvalue weighted by atomic mass is 16.5. The summed E-state index contributed by atoms with van der Waals surface area (Å²) in [6, 6.07) is 7.60. The zero-order chi connectivity index (χ0) is 14.6. The fourth-order valence-corrected chi connectivity index (χ4v) is 1.70. The Morgan fingerprint density at radius 1 is 1.25 bits per heavy atom. The summed E-state index contributed by atoms with van der Waals surface area (Å²) >= 11 is 0. The Morgan fingerprint density at radius 3 is 2.65 bits per heavy atom. The number of rotatable bonds is 9. The highest BCUT2D eigenvalue weighted by Crippen LogP contribution is 2.12. The van der Waals surface area contributed by atoms with Gasteiger partial charge in [0.25, 0.3) is 0 Å². The molecule has 2 N–H and O–H groups in total. The van der Waals surface area contributed by atoms with Crippen LogP contribution in [-0.4, -0.2) is 30.8 Å². The molecule has 0 saturated carbocycles. The molecule has 0 aliphatic heterocycles. The van der Waals surface area contributed by atoms with Gasteiger partial charge in [0.2, 0.25) is 5.91 Å². The second-order valence-corrected chi connectivity index (χ2v) is 4.41. The number of amides is 1. The second-order valence-electron chi connectivity index (χ2n) is 4.41. The van der Waals surface area contributed by atoms with Gasteiger partial charge in [0.05, 0.1) is 6.61 Å². The summed E-state index contributed by atoms with van der Waals surface area (Å²) in [4.78, 5) is 11.5. The lowest BCUT2D eigenvalue weighted by molar-refractivity contribution is -0.116. The number of carbonyl (C=O) groups excluding carboxylic acids is 1. The second kappa shape index (κ2) is 10.0. The molecular formula is C16H23NO3. The van der Waals surface area contributed by atoms with Crippen molar-refractivity contribution < 1.29 is 14.6 Å². The van der Waals surface area contributed by atoms with Crippen LogP contribution in [0.1, 0.15) is 31.7 Å². The van der Waals surface area contributed by atoms with Gasteiger partial charge in [-0.05, 0) is 50.0 Å². The number of benzene rings is 1. The highest BCUT2D eigenvalue weighted by molar-refractivity contribution is 5.91. The van der Waals surface area contributed by atoms with Crippen LogP contribution in [0.2, 0.25) is 0 Å². The van der Waals surface area contributed by atoms with Gasteiger partial charge in [0.1, 0.15) is 5.75 Å². The first kappa shape index (κ1) is 16.2. The number of hydrogen-bond donors (Lipinski definition) is 2. The number of aliphatic hydroxyl groups is 1. The maximum Gasteiger partial charge on any atom is 0.243 e. The predicted octanol–water partition coefficient (Wildman–Crippen LogP) is 2.38. The van der Waals surface area contributed by atoms with Crippen molar-refractivity contribution in [3.8, 4) is 5.75 Å². The minimum Gasteiger partial charge on any atom is -0.494 e. The lowest BCUT2D eigenvalue weighted by Gasteiger charge is -2.03. The van der Waals surface area contributed by atoms with E-state index in [9.17, 15) is 4.79 Å². The van der Waals surface area contributed by atoms with Crippen LogP contribution in [-0.2, 0) is 4.79 Å². The van der Waals surface area contributed by atoms with Gasteiger partial charge < -0.3 is 15.2 Å². The highest BCUT2D eigenvalue weighted by Gasteiger charge is 1.96. The molecule has 0 saturated heterocycles. The van der Waals surface area contributed by atoms with Gasteiger partial charge in [-0.25, -0.2) is 0 Å². The number of hydrogen-bond acceptors (Lipinski definition) is 3. The number of unbranched alkanes of at least 4 members (excludes halogenated alkanes) is 2. The molecule has 0 unspecified atom stereocenters. The van der Waals surface area contributed by atoms with Gasteiger partial charge in [-0.2, -0.15) is 0 Å². The van der Waals surface area contributed by atoms with Crippen molar-refractivity contribution in [3.63, 3.8) is 0 Å². The van der Waals surface area contributed by atoms with E-state index in [0.717, 1.165) is 30.6 Å². The van der Waals surface area contributed by atoms with Crippen molar-refractivity contribution in [2.24, 2.45) is 0 Å². The molecule has 110 valence electrons. The van der Waals surface area contributed by atoms with Crippen LogP contribution in [0.3, 0.4) is 0 Å². The molecule has 0 radical (unpaired) electrons. The Balaban J connectivity index is 2.29. The largest absolute Gasteiger partial charge is 0.494 e. The summed E-state index contributed by atoms with van der Waals surface area (Å²) in [6.07, 6.45) is 5.92. The van der Waals surface area contributed by atoms with Crippen LogP contribution >= 0.6 is 0 Å². The van der Waals surface area contributed by atoms with Crippen molar-refractivity contribution in [1.29, 1.82) is 0 Å². The quantitative estimate of drug-likeness (QED) is 0.538. The third kappa shape index (κ3) is 6.95. The number of nitrogens with one attached hydrogen (secondary N) is 1. The lowest BCUT2D eigenvalue weighted by Crippen LogP contribution is -2.22. The smallest absolute Gasteiger partial charge is 0.243 e. The summed E-state index contributed by atoms with van der Waals surface area (Å²) in [5.74, 6) is 0.737. The van der Waals surface area contributed by atoms with E-state index in [-0.39, 0.29) is 12.5 Å². The standard InChI is InChI=1S/C16H23NO3/c1-2-20-15-9-6-14(7-10-15)8-11-16(19)17-12-4-3-5-13-18/h6-11,18H,2-5,12-13H2,1H3,(H,17,19)/b11-8+. The number of aliphatic hydroxyl groups excluding tert-OH is 1. The van der Waals surface area contributed by atoms with Crippen molar-refractivity contribution >= 4 is 12.0 Å². The van der Waals surface area contributed by atoms with E-state index >= 15 is 0 Å². The molecule has 0 fully saturated rings. The molecule has 4 nitrogen and oxygen atoms in total. The fraction of sp³-hybridized carbons (Fsp3) is 0.438. The van der Waals surface area contributed by atoms with Gasteiger partial charge in [-0.1, -0.05) is 12.1 Å². The summed E-state index contributed by atoms with van der Waals surface area (Å²) < 4.78 is 5.35. The normalized spacial score (nSPS) is 10.7. The SMILES string of the molecule is CCOc1ccc(/C=C/C(=O)NCCCCCO)cc1. The summed E-state index contributed by atoms with van der Waals surface area (Å²) in [5, 5.41) is 11.4. The van der Waals surface area contributed by atoms with E-state index in [1.807, 2.05) is 31.2 Å². The van der Waals surface area contributed by atoms with E-state index < -0.39 is 0 Å². The third-order valence-corrected chi connectivity index (χ3v) is 2.75. The van der Waals surface area contributed by atoms with E-state index in [2.05, 4.69) is 5.32 Å². The van der Waals surface area contributed by atoms with Gasteiger partial charge in [-0.15, -0.1) is 0 Å². The Kier molecular flexibility index (Phi) is 8.15. The minimum atomic E-state index is -0.0946. The maximum absolute atomic E-state index is 11.5. The van der Waals surface area contributed by atoms with E-state index in [0.29, 0.717) is 13.2 Å². The van der Waals surface area contributed by atoms with Crippen LogP contribution in [0.4, 0.5) is 0 Å². The van der Waals surface area contributed by atoms with Gasteiger partial charge in [0.15, 0.2) is 0 Å². The molecule has 1 aromatic rings. The van der Waals surface area contributed by atoms with Crippen LogP contribution < -0.4 is 10.1 Å². The van der Waals surface area contributed by atoms with Crippen LogP contribution in [0.5, 0.6) is 5.75 Å². The monoisotopic (exact) mass is 277 g/mol. The first-order valence-corrected chi connectivity index (χ1v) is 7.06. The molecule has 0 heterocycles. The van der Waals surface area contributed by atoms with Crippen LogP contribution in [0.25, 0.3) is 6.08 Å². The molecule has 1 aromatic carbocycles. The Hall–Kier alpha value is -1.81. The molecule has 0 aliphatic rings. The molecule has 4 heteroatoms. The Labute approximate surface area is 120 Å². The molecule has 0 bridgehead atoms. The van der Waals surface area contributed by atoms with Gasteiger partial charge in [0, 0.05) is 19.2 Å². The molecule has 20 heavy (non-hydrogen) atoms. The van der Waals surface area contributed by atoms with E-state index in [1.165, 1.54) is 6.08 Å². The lowest BCUT2D eigenvalue weighted by atomic mass is 10.2. The summed E-state index contributed by atoms with van der Waals surface area (Å²) in [6.45, 7) is 3.45.